The topological polar surface area (TPSA) is 41.5 Å². The van der Waals surface area contributed by atoms with Gasteiger partial charge in [-0.2, -0.15) is 0 Å². The summed E-state index contributed by atoms with van der Waals surface area (Å²) in [4.78, 5) is 1.27. The van der Waals surface area contributed by atoms with Crippen LogP contribution in [0.25, 0.3) is 0 Å². The van der Waals surface area contributed by atoms with Crippen LogP contribution in [-0.2, 0) is 0 Å². The minimum atomic E-state index is -0.494. The van der Waals surface area contributed by atoms with Gasteiger partial charge in [0.15, 0.2) is 0 Å². The third-order valence-corrected chi connectivity index (χ3v) is 3.87. The molecule has 1 atom stereocenters. The fourth-order valence-corrected chi connectivity index (χ4v) is 2.63. The van der Waals surface area contributed by atoms with E-state index in [1.165, 1.54) is 4.90 Å². The number of hydrogen-bond donors (Lipinski definition) is 2. The van der Waals surface area contributed by atoms with Crippen molar-refractivity contribution in [3.63, 3.8) is 0 Å². The zero-order valence-electron chi connectivity index (χ0n) is 11.9. The second-order valence-corrected chi connectivity index (χ2v) is 5.81. The number of para-hydroxylation sites is 1. The molecule has 2 N–H and O–H groups in total. The Labute approximate surface area is 130 Å². The summed E-state index contributed by atoms with van der Waals surface area (Å²) in [5, 5.41) is 13.1. The minimum absolute atomic E-state index is 0.308. The van der Waals surface area contributed by atoms with Crippen molar-refractivity contribution in [2.75, 3.05) is 25.4 Å². The van der Waals surface area contributed by atoms with Crippen molar-refractivity contribution >= 4 is 11.8 Å². The van der Waals surface area contributed by atoms with E-state index in [1.54, 1.807) is 11.8 Å². The quantitative estimate of drug-likeness (QED) is 0.552. The number of rotatable bonds is 9. The number of thioether (sulfide) groups is 1. The Bertz CT molecular complexity index is 493. The molecular formula is C17H21NO2S. The summed E-state index contributed by atoms with van der Waals surface area (Å²) >= 11 is 1.81. The van der Waals surface area contributed by atoms with Gasteiger partial charge < -0.3 is 15.2 Å². The van der Waals surface area contributed by atoms with Crippen molar-refractivity contribution in [2.24, 2.45) is 0 Å². The van der Waals surface area contributed by atoms with E-state index in [2.05, 4.69) is 17.4 Å². The van der Waals surface area contributed by atoms with E-state index in [-0.39, 0.29) is 0 Å². The van der Waals surface area contributed by atoms with Crippen LogP contribution in [0.3, 0.4) is 0 Å². The first-order chi connectivity index (χ1) is 10.3. The average Bonchev–Trinajstić information content (AvgIpc) is 2.54. The number of benzene rings is 2. The van der Waals surface area contributed by atoms with Crippen molar-refractivity contribution < 1.29 is 9.84 Å². The molecule has 2 aromatic rings. The lowest BCUT2D eigenvalue weighted by Gasteiger charge is -2.13. The van der Waals surface area contributed by atoms with Crippen LogP contribution in [0.15, 0.2) is 65.6 Å². The van der Waals surface area contributed by atoms with Crippen LogP contribution in [0.4, 0.5) is 0 Å². The number of nitrogens with one attached hydrogen (secondary N) is 1. The molecule has 0 radical (unpaired) electrons. The van der Waals surface area contributed by atoms with Gasteiger partial charge in [0, 0.05) is 23.7 Å². The zero-order valence-corrected chi connectivity index (χ0v) is 12.8. The summed E-state index contributed by atoms with van der Waals surface area (Å²) in [5.74, 6) is 1.77. The van der Waals surface area contributed by atoms with E-state index in [0.29, 0.717) is 13.2 Å². The fraction of sp³-hybridized carbons (Fsp3) is 0.294. The smallest absolute Gasteiger partial charge is 0.119 e. The Morgan fingerprint density at radius 1 is 1.00 bits per heavy atom. The molecule has 0 unspecified atom stereocenters. The maximum Gasteiger partial charge on any atom is 0.119 e. The maximum absolute atomic E-state index is 9.83. The van der Waals surface area contributed by atoms with Crippen LogP contribution in [0.2, 0.25) is 0 Å². The van der Waals surface area contributed by atoms with E-state index >= 15 is 0 Å². The van der Waals surface area contributed by atoms with Crippen molar-refractivity contribution in [3.8, 4) is 5.75 Å². The molecule has 0 aromatic heterocycles. The van der Waals surface area contributed by atoms with Crippen LogP contribution in [0, 0.1) is 0 Å². The van der Waals surface area contributed by atoms with Crippen LogP contribution in [0.5, 0.6) is 5.75 Å². The Morgan fingerprint density at radius 2 is 1.67 bits per heavy atom. The van der Waals surface area contributed by atoms with Gasteiger partial charge in [0.2, 0.25) is 0 Å². The third-order valence-electron chi connectivity index (χ3n) is 2.86. The molecule has 0 saturated heterocycles. The van der Waals surface area contributed by atoms with E-state index in [1.807, 2.05) is 48.5 Å². The normalized spacial score (nSPS) is 12.0. The molecule has 112 valence electrons. The van der Waals surface area contributed by atoms with Gasteiger partial charge in [0.25, 0.3) is 0 Å². The Morgan fingerprint density at radius 3 is 2.38 bits per heavy atom. The summed E-state index contributed by atoms with van der Waals surface area (Å²) in [7, 11) is 0. The first kappa shape index (κ1) is 15.9. The van der Waals surface area contributed by atoms with Gasteiger partial charge in [0.05, 0.1) is 0 Å². The van der Waals surface area contributed by atoms with Crippen LogP contribution in [0.1, 0.15) is 0 Å². The summed E-state index contributed by atoms with van der Waals surface area (Å²) in [6.07, 6.45) is -0.494. The monoisotopic (exact) mass is 303 g/mol. The molecule has 2 rings (SSSR count). The van der Waals surface area contributed by atoms with Crippen molar-refractivity contribution in [2.45, 2.75) is 11.0 Å². The van der Waals surface area contributed by atoms with Gasteiger partial charge in [0.1, 0.15) is 18.5 Å². The standard InChI is InChI=1S/C17H21NO2S/c19-15(14-20-16-7-3-1-4-8-16)13-18-11-12-21-17-9-5-2-6-10-17/h1-10,15,18-19H,11-14H2/t15-/m1/s1. The summed E-state index contributed by atoms with van der Waals surface area (Å²) in [6.45, 7) is 1.72. The largest absolute Gasteiger partial charge is 0.491 e. The molecule has 4 heteroatoms. The predicted octanol–water partition coefficient (Wildman–Crippen LogP) is 2.81. The second-order valence-electron chi connectivity index (χ2n) is 4.64. The molecule has 0 saturated carbocycles. The molecular weight excluding hydrogens is 282 g/mol. The van der Waals surface area contributed by atoms with Gasteiger partial charge in [-0.25, -0.2) is 0 Å². The lowest BCUT2D eigenvalue weighted by Crippen LogP contribution is -2.32. The highest BCUT2D eigenvalue weighted by atomic mass is 32.2. The number of aliphatic hydroxyl groups excluding tert-OH is 1. The molecule has 0 aliphatic rings. The number of ether oxygens (including phenoxy) is 1. The van der Waals surface area contributed by atoms with Gasteiger partial charge >= 0.3 is 0 Å². The molecule has 0 aliphatic heterocycles. The Kier molecular flexibility index (Phi) is 7.15. The summed E-state index contributed by atoms with van der Waals surface area (Å²) in [6, 6.07) is 19.9. The number of aliphatic hydroxyl groups is 1. The molecule has 0 aliphatic carbocycles. The molecule has 0 bridgehead atoms. The molecule has 0 spiro atoms. The van der Waals surface area contributed by atoms with Crippen molar-refractivity contribution in [3.05, 3.63) is 60.7 Å². The highest BCUT2D eigenvalue weighted by Gasteiger charge is 2.04. The molecule has 21 heavy (non-hydrogen) atoms. The highest BCUT2D eigenvalue weighted by molar-refractivity contribution is 7.99. The van der Waals surface area contributed by atoms with Gasteiger partial charge in [-0.3, -0.25) is 0 Å². The fourth-order valence-electron chi connectivity index (χ4n) is 1.79. The van der Waals surface area contributed by atoms with E-state index in [4.69, 9.17) is 4.74 Å². The predicted molar refractivity (Wildman–Crippen MR) is 88.0 cm³/mol. The molecule has 0 heterocycles. The minimum Gasteiger partial charge on any atom is -0.491 e. The molecule has 2 aromatic carbocycles. The Balaban J connectivity index is 1.52. The first-order valence-electron chi connectivity index (χ1n) is 7.09. The summed E-state index contributed by atoms with van der Waals surface area (Å²) in [5.41, 5.74) is 0. The Hall–Kier alpha value is -1.49. The van der Waals surface area contributed by atoms with Crippen LogP contribution < -0.4 is 10.1 Å². The second kappa shape index (κ2) is 9.45. The van der Waals surface area contributed by atoms with Gasteiger partial charge in [-0.05, 0) is 24.3 Å². The zero-order chi connectivity index (χ0) is 14.8. The van der Waals surface area contributed by atoms with Crippen molar-refractivity contribution in [1.82, 2.24) is 5.32 Å². The van der Waals surface area contributed by atoms with E-state index in [0.717, 1.165) is 18.0 Å². The number of hydrogen-bond acceptors (Lipinski definition) is 4. The molecule has 0 amide bonds. The molecule has 0 fully saturated rings. The summed E-state index contributed by atoms with van der Waals surface area (Å²) < 4.78 is 5.50. The van der Waals surface area contributed by atoms with Crippen LogP contribution in [-0.4, -0.2) is 36.7 Å². The van der Waals surface area contributed by atoms with Crippen LogP contribution >= 0.6 is 11.8 Å². The van der Waals surface area contributed by atoms with Crippen molar-refractivity contribution in [1.29, 1.82) is 0 Å². The maximum atomic E-state index is 9.83. The van der Waals surface area contributed by atoms with Gasteiger partial charge in [-0.1, -0.05) is 36.4 Å². The first-order valence-corrected chi connectivity index (χ1v) is 8.07. The van der Waals surface area contributed by atoms with Gasteiger partial charge in [-0.15, -0.1) is 11.8 Å². The lowest BCUT2D eigenvalue weighted by molar-refractivity contribution is 0.107. The van der Waals surface area contributed by atoms with E-state index < -0.39 is 6.10 Å². The average molecular weight is 303 g/mol. The van der Waals surface area contributed by atoms with E-state index in [9.17, 15) is 5.11 Å². The lowest BCUT2D eigenvalue weighted by atomic mass is 10.3. The SMILES string of the molecule is O[C@H](CNCCSc1ccccc1)COc1ccccc1. The third kappa shape index (κ3) is 6.67. The molecule has 3 nitrogen and oxygen atoms in total. The highest BCUT2D eigenvalue weighted by Crippen LogP contribution is 2.15.